The Balaban J connectivity index is 1.92. The zero-order valence-corrected chi connectivity index (χ0v) is 12.4. The molecular weight excluding hydrogens is 238 g/mol. The lowest BCUT2D eigenvalue weighted by Gasteiger charge is -2.40. The number of furan rings is 1. The van der Waals surface area contributed by atoms with E-state index in [4.69, 9.17) is 9.52 Å². The molecule has 19 heavy (non-hydrogen) atoms. The summed E-state index contributed by atoms with van der Waals surface area (Å²) in [6, 6.07) is 4.38. The molecule has 0 aliphatic heterocycles. The van der Waals surface area contributed by atoms with Crippen molar-refractivity contribution in [3.05, 3.63) is 23.7 Å². The van der Waals surface area contributed by atoms with E-state index in [-0.39, 0.29) is 6.61 Å². The van der Waals surface area contributed by atoms with Crippen LogP contribution in [0.5, 0.6) is 0 Å². The van der Waals surface area contributed by atoms with Crippen LogP contribution in [0.3, 0.4) is 0 Å². The molecule has 0 saturated heterocycles. The summed E-state index contributed by atoms with van der Waals surface area (Å²) in [6.07, 6.45) is 5.26. The van der Waals surface area contributed by atoms with Gasteiger partial charge in [-0.3, -0.25) is 0 Å². The lowest BCUT2D eigenvalue weighted by Crippen LogP contribution is -2.43. The molecule has 1 aliphatic carbocycles. The summed E-state index contributed by atoms with van der Waals surface area (Å²) in [5.74, 6) is 2.30. The topological polar surface area (TPSA) is 45.4 Å². The van der Waals surface area contributed by atoms with Crippen molar-refractivity contribution in [2.45, 2.75) is 65.6 Å². The smallest absolute Gasteiger partial charge is 0.129 e. The monoisotopic (exact) mass is 265 g/mol. The Bertz CT molecular complexity index is 392. The van der Waals surface area contributed by atoms with E-state index in [1.54, 1.807) is 0 Å². The highest BCUT2D eigenvalue weighted by molar-refractivity contribution is 5.06. The van der Waals surface area contributed by atoms with Crippen LogP contribution in [-0.2, 0) is 13.2 Å². The third-order valence-electron chi connectivity index (χ3n) is 4.29. The van der Waals surface area contributed by atoms with E-state index in [0.717, 1.165) is 18.2 Å². The first-order valence-corrected chi connectivity index (χ1v) is 7.42. The highest BCUT2D eigenvalue weighted by atomic mass is 16.4. The van der Waals surface area contributed by atoms with E-state index >= 15 is 0 Å². The Morgan fingerprint density at radius 2 is 1.89 bits per heavy atom. The summed E-state index contributed by atoms with van der Waals surface area (Å²) in [4.78, 5) is 0. The van der Waals surface area contributed by atoms with Crippen molar-refractivity contribution in [3.63, 3.8) is 0 Å². The van der Waals surface area contributed by atoms with Crippen LogP contribution < -0.4 is 5.32 Å². The molecule has 2 rings (SSSR count). The molecule has 108 valence electrons. The van der Waals surface area contributed by atoms with Crippen molar-refractivity contribution in [3.8, 4) is 0 Å². The minimum absolute atomic E-state index is 0.0198. The third kappa shape index (κ3) is 3.83. The molecule has 0 amide bonds. The van der Waals surface area contributed by atoms with Crippen LogP contribution in [0.25, 0.3) is 0 Å². The Morgan fingerprint density at radius 1 is 1.21 bits per heavy atom. The second kappa shape index (κ2) is 6.10. The molecule has 1 aliphatic rings. The van der Waals surface area contributed by atoms with E-state index in [0.29, 0.717) is 17.2 Å². The molecule has 2 N–H and O–H groups in total. The van der Waals surface area contributed by atoms with Gasteiger partial charge in [-0.2, -0.15) is 0 Å². The van der Waals surface area contributed by atoms with Gasteiger partial charge in [0.2, 0.25) is 0 Å². The highest BCUT2D eigenvalue weighted by Gasteiger charge is 2.33. The fourth-order valence-electron chi connectivity index (χ4n) is 3.25. The maximum absolute atomic E-state index is 9.00. The first kappa shape index (κ1) is 14.6. The number of rotatable bonds is 4. The second-order valence-corrected chi connectivity index (χ2v) is 6.77. The molecule has 1 aromatic heterocycles. The zero-order chi connectivity index (χ0) is 13.9. The molecule has 0 aromatic carbocycles. The second-order valence-electron chi connectivity index (χ2n) is 6.77. The van der Waals surface area contributed by atoms with Crippen molar-refractivity contribution in [2.24, 2.45) is 11.3 Å². The summed E-state index contributed by atoms with van der Waals surface area (Å²) in [5, 5.41) is 12.7. The van der Waals surface area contributed by atoms with Crippen LogP contribution in [0.4, 0.5) is 0 Å². The highest BCUT2D eigenvalue weighted by Crippen LogP contribution is 2.38. The van der Waals surface area contributed by atoms with Crippen LogP contribution >= 0.6 is 0 Å². The number of aliphatic hydroxyl groups excluding tert-OH is 1. The van der Waals surface area contributed by atoms with Crippen molar-refractivity contribution in [2.75, 3.05) is 0 Å². The number of aliphatic hydroxyl groups is 1. The lowest BCUT2D eigenvalue weighted by molar-refractivity contribution is 0.128. The van der Waals surface area contributed by atoms with Crippen molar-refractivity contribution >= 4 is 0 Å². The molecule has 1 aromatic rings. The van der Waals surface area contributed by atoms with Gasteiger partial charge in [-0.1, -0.05) is 33.6 Å². The van der Waals surface area contributed by atoms with Crippen LogP contribution in [0.1, 0.15) is 58.0 Å². The Kier molecular flexibility index (Phi) is 4.69. The molecule has 2 atom stereocenters. The van der Waals surface area contributed by atoms with Gasteiger partial charge in [0.1, 0.15) is 18.1 Å². The molecular formula is C16H27NO2. The van der Waals surface area contributed by atoms with E-state index in [2.05, 4.69) is 26.1 Å². The maximum Gasteiger partial charge on any atom is 0.129 e. The first-order valence-electron chi connectivity index (χ1n) is 7.42. The molecule has 0 spiro atoms. The number of hydrogen-bond donors (Lipinski definition) is 2. The summed E-state index contributed by atoms with van der Waals surface area (Å²) < 4.78 is 5.53. The summed E-state index contributed by atoms with van der Waals surface area (Å²) >= 11 is 0. The predicted molar refractivity (Wildman–Crippen MR) is 76.7 cm³/mol. The van der Waals surface area contributed by atoms with Crippen molar-refractivity contribution < 1.29 is 9.52 Å². The van der Waals surface area contributed by atoms with Gasteiger partial charge in [0.05, 0.1) is 6.54 Å². The van der Waals surface area contributed by atoms with E-state index in [1.807, 2.05) is 12.1 Å². The van der Waals surface area contributed by atoms with Crippen LogP contribution in [0, 0.1) is 11.3 Å². The Labute approximate surface area is 116 Å². The van der Waals surface area contributed by atoms with Gasteiger partial charge in [0, 0.05) is 6.04 Å². The fourth-order valence-corrected chi connectivity index (χ4v) is 3.25. The molecule has 2 unspecified atom stereocenters. The molecule has 1 heterocycles. The summed E-state index contributed by atoms with van der Waals surface area (Å²) in [5.41, 5.74) is 0.359. The molecule has 3 heteroatoms. The Hall–Kier alpha value is -0.800. The molecule has 1 fully saturated rings. The lowest BCUT2D eigenvalue weighted by atomic mass is 9.69. The average Bonchev–Trinajstić information content (AvgIpc) is 2.83. The molecule has 3 nitrogen and oxygen atoms in total. The quantitative estimate of drug-likeness (QED) is 0.876. The van der Waals surface area contributed by atoms with Crippen molar-refractivity contribution in [1.82, 2.24) is 5.32 Å². The largest absolute Gasteiger partial charge is 0.462 e. The maximum atomic E-state index is 9.00. The summed E-state index contributed by atoms with van der Waals surface area (Å²) in [7, 11) is 0. The van der Waals surface area contributed by atoms with Gasteiger partial charge in [0.15, 0.2) is 0 Å². The number of nitrogens with one attached hydrogen (secondary N) is 1. The van der Waals surface area contributed by atoms with Gasteiger partial charge < -0.3 is 14.8 Å². The summed E-state index contributed by atoms with van der Waals surface area (Å²) in [6.45, 7) is 7.77. The molecule has 0 bridgehead atoms. The number of hydrogen-bond acceptors (Lipinski definition) is 3. The van der Waals surface area contributed by atoms with Crippen LogP contribution in [0.2, 0.25) is 0 Å². The predicted octanol–water partition coefficient (Wildman–Crippen LogP) is 3.47. The standard InChI is InChI=1S/C16H27NO2/c1-16(2,3)14-6-4-5-7-15(14)17-10-12-8-9-13(11-18)19-12/h8-9,14-15,17-18H,4-7,10-11H2,1-3H3. The third-order valence-corrected chi connectivity index (χ3v) is 4.29. The van der Waals surface area contributed by atoms with Crippen LogP contribution in [0.15, 0.2) is 16.5 Å². The van der Waals surface area contributed by atoms with Crippen LogP contribution in [-0.4, -0.2) is 11.1 Å². The van der Waals surface area contributed by atoms with E-state index in [9.17, 15) is 0 Å². The minimum atomic E-state index is -0.0198. The molecule has 1 saturated carbocycles. The fraction of sp³-hybridized carbons (Fsp3) is 0.750. The van der Waals surface area contributed by atoms with E-state index < -0.39 is 0 Å². The Morgan fingerprint density at radius 3 is 2.53 bits per heavy atom. The molecule has 0 radical (unpaired) electrons. The van der Waals surface area contributed by atoms with Gasteiger partial charge in [0.25, 0.3) is 0 Å². The SMILES string of the molecule is CC(C)(C)C1CCCCC1NCc1ccc(CO)o1. The van der Waals surface area contributed by atoms with Gasteiger partial charge in [-0.05, 0) is 36.3 Å². The zero-order valence-electron chi connectivity index (χ0n) is 12.4. The van der Waals surface area contributed by atoms with Gasteiger partial charge in [-0.25, -0.2) is 0 Å². The normalized spacial score (nSPS) is 24.6. The van der Waals surface area contributed by atoms with Crippen molar-refractivity contribution in [1.29, 1.82) is 0 Å². The first-order chi connectivity index (χ1) is 9.00. The van der Waals surface area contributed by atoms with Gasteiger partial charge in [-0.15, -0.1) is 0 Å². The van der Waals surface area contributed by atoms with Gasteiger partial charge >= 0.3 is 0 Å². The van der Waals surface area contributed by atoms with E-state index in [1.165, 1.54) is 25.7 Å². The average molecular weight is 265 g/mol. The minimum Gasteiger partial charge on any atom is -0.462 e.